The van der Waals surface area contributed by atoms with E-state index in [1.54, 1.807) is 52.8 Å². The summed E-state index contributed by atoms with van der Waals surface area (Å²) < 4.78 is 16.0. The zero-order valence-electron chi connectivity index (χ0n) is 15.2. The highest BCUT2D eigenvalue weighted by Crippen LogP contribution is 2.39. The number of furan rings is 1. The average molecular weight is 351 g/mol. The lowest BCUT2D eigenvalue weighted by atomic mass is 9.90. The van der Waals surface area contributed by atoms with Crippen LogP contribution in [0.25, 0.3) is 0 Å². The fraction of sp³-hybridized carbons (Fsp3) is 0.556. The summed E-state index contributed by atoms with van der Waals surface area (Å²) in [5.41, 5.74) is -2.48. The molecular formula is C18H25NO6. The number of hydrogen-bond acceptors (Lipinski definition) is 6. The number of aryl methyl sites for hydroxylation is 1. The highest BCUT2D eigenvalue weighted by atomic mass is 16.6. The lowest BCUT2D eigenvalue weighted by Gasteiger charge is -2.38. The summed E-state index contributed by atoms with van der Waals surface area (Å²) in [6.07, 6.45) is 0.955. The fourth-order valence-corrected chi connectivity index (χ4v) is 2.71. The topological polar surface area (TPSA) is 89.2 Å². The van der Waals surface area contributed by atoms with Gasteiger partial charge in [0.1, 0.15) is 23.2 Å². The predicted molar refractivity (Wildman–Crippen MR) is 89.8 cm³/mol. The Morgan fingerprint density at radius 1 is 1.40 bits per heavy atom. The quantitative estimate of drug-likeness (QED) is 0.663. The normalized spacial score (nSPS) is 21.3. The molecule has 0 fully saturated rings. The first-order chi connectivity index (χ1) is 11.6. The fourth-order valence-electron chi connectivity index (χ4n) is 2.71. The first kappa shape index (κ1) is 19.1. The summed E-state index contributed by atoms with van der Waals surface area (Å²) in [5.74, 6) is 0.0145. The van der Waals surface area contributed by atoms with Crippen LogP contribution in [0.4, 0.5) is 4.79 Å². The van der Waals surface area contributed by atoms with Crippen LogP contribution in [0.2, 0.25) is 0 Å². The molecule has 1 N–H and O–H groups in total. The van der Waals surface area contributed by atoms with Crippen LogP contribution in [0.15, 0.2) is 28.7 Å². The first-order valence-electron chi connectivity index (χ1n) is 8.21. The summed E-state index contributed by atoms with van der Waals surface area (Å²) >= 11 is 0. The van der Waals surface area contributed by atoms with Crippen molar-refractivity contribution in [2.75, 3.05) is 13.2 Å². The van der Waals surface area contributed by atoms with Gasteiger partial charge in [-0.3, -0.25) is 4.90 Å². The Hall–Kier alpha value is -2.28. The third-order valence-corrected chi connectivity index (χ3v) is 3.77. The van der Waals surface area contributed by atoms with Crippen LogP contribution < -0.4 is 0 Å². The van der Waals surface area contributed by atoms with Gasteiger partial charge >= 0.3 is 12.1 Å². The van der Waals surface area contributed by atoms with E-state index in [1.165, 1.54) is 11.0 Å². The maximum absolute atomic E-state index is 12.7. The first-order valence-corrected chi connectivity index (χ1v) is 8.21. The maximum atomic E-state index is 12.7. The lowest BCUT2D eigenvalue weighted by molar-refractivity contribution is -0.161. The molecule has 0 saturated heterocycles. The Bertz CT molecular complexity index is 671. The standard InChI is InChI=1S/C18H25NO6/c1-6-23-15(21)18(14(20)13-9-8-12(2)24-13)10-7-11-19(18)16(22)25-17(3,4)5/h7-10,14,20H,6,11H2,1-5H3/t14-,18+/m0/s1. The van der Waals surface area contributed by atoms with E-state index in [4.69, 9.17) is 13.9 Å². The number of carbonyl (C=O) groups is 2. The number of nitrogens with zero attached hydrogens (tertiary/aromatic N) is 1. The molecule has 0 bridgehead atoms. The number of aliphatic hydroxyl groups is 1. The molecule has 138 valence electrons. The molecule has 0 unspecified atom stereocenters. The van der Waals surface area contributed by atoms with Crippen LogP contribution in [-0.2, 0) is 14.3 Å². The van der Waals surface area contributed by atoms with Crippen LogP contribution in [0.1, 0.15) is 45.3 Å². The lowest BCUT2D eigenvalue weighted by Crippen LogP contribution is -2.58. The summed E-state index contributed by atoms with van der Waals surface area (Å²) in [4.78, 5) is 26.6. The molecule has 0 radical (unpaired) electrons. The molecule has 2 rings (SSSR count). The molecule has 0 spiro atoms. The minimum Gasteiger partial charge on any atom is -0.464 e. The van der Waals surface area contributed by atoms with Gasteiger partial charge in [0.05, 0.1) is 6.61 Å². The summed E-state index contributed by atoms with van der Waals surface area (Å²) in [6.45, 7) is 8.80. The van der Waals surface area contributed by atoms with Crippen molar-refractivity contribution in [2.24, 2.45) is 0 Å². The van der Waals surface area contributed by atoms with Crippen molar-refractivity contribution in [3.8, 4) is 0 Å². The Morgan fingerprint density at radius 3 is 2.60 bits per heavy atom. The van der Waals surface area contributed by atoms with Gasteiger partial charge in [-0.05, 0) is 52.8 Å². The van der Waals surface area contributed by atoms with Crippen molar-refractivity contribution >= 4 is 12.1 Å². The van der Waals surface area contributed by atoms with Crippen LogP contribution in [-0.4, -0.2) is 46.4 Å². The number of carbonyl (C=O) groups excluding carboxylic acids is 2. The molecule has 0 saturated carbocycles. The Labute approximate surface area is 147 Å². The average Bonchev–Trinajstić information content (AvgIpc) is 3.12. The molecule has 0 aliphatic carbocycles. The van der Waals surface area contributed by atoms with E-state index in [0.717, 1.165) is 0 Å². The number of aliphatic hydroxyl groups excluding tert-OH is 1. The van der Waals surface area contributed by atoms with Crippen LogP contribution in [0.3, 0.4) is 0 Å². The van der Waals surface area contributed by atoms with Crippen LogP contribution >= 0.6 is 0 Å². The molecule has 7 nitrogen and oxygen atoms in total. The molecule has 2 atom stereocenters. The second-order valence-corrected chi connectivity index (χ2v) is 6.89. The van der Waals surface area contributed by atoms with Gasteiger partial charge in [0.15, 0.2) is 5.54 Å². The highest BCUT2D eigenvalue weighted by molar-refractivity contribution is 5.90. The number of hydrogen-bond donors (Lipinski definition) is 1. The van der Waals surface area contributed by atoms with E-state index in [2.05, 4.69) is 0 Å². The van der Waals surface area contributed by atoms with Gasteiger partial charge in [0.2, 0.25) is 0 Å². The van der Waals surface area contributed by atoms with E-state index in [-0.39, 0.29) is 18.9 Å². The summed E-state index contributed by atoms with van der Waals surface area (Å²) in [7, 11) is 0. The van der Waals surface area contributed by atoms with Gasteiger partial charge < -0.3 is 19.0 Å². The number of rotatable bonds is 4. The number of esters is 1. The van der Waals surface area contributed by atoms with Crippen molar-refractivity contribution in [1.82, 2.24) is 4.90 Å². The second-order valence-electron chi connectivity index (χ2n) is 6.89. The summed E-state index contributed by atoms with van der Waals surface area (Å²) in [5, 5.41) is 10.9. The van der Waals surface area contributed by atoms with E-state index in [9.17, 15) is 14.7 Å². The van der Waals surface area contributed by atoms with Gasteiger partial charge in [0, 0.05) is 6.54 Å². The Kier molecular flexibility index (Phi) is 5.27. The molecule has 1 aliphatic heterocycles. The molecule has 1 aromatic heterocycles. The molecule has 25 heavy (non-hydrogen) atoms. The molecule has 1 aromatic rings. The Morgan fingerprint density at radius 2 is 2.08 bits per heavy atom. The van der Waals surface area contributed by atoms with Crippen molar-refractivity contribution in [3.63, 3.8) is 0 Å². The van der Waals surface area contributed by atoms with E-state index in [0.29, 0.717) is 5.76 Å². The molecule has 7 heteroatoms. The van der Waals surface area contributed by atoms with Gasteiger partial charge in [-0.15, -0.1) is 0 Å². The van der Waals surface area contributed by atoms with Crippen molar-refractivity contribution in [3.05, 3.63) is 35.8 Å². The molecular weight excluding hydrogens is 326 g/mol. The molecule has 2 heterocycles. The third kappa shape index (κ3) is 3.71. The number of ether oxygens (including phenoxy) is 2. The zero-order chi connectivity index (χ0) is 18.8. The largest absolute Gasteiger partial charge is 0.464 e. The zero-order valence-corrected chi connectivity index (χ0v) is 15.2. The number of amides is 1. The minimum atomic E-state index is -1.73. The third-order valence-electron chi connectivity index (χ3n) is 3.77. The van der Waals surface area contributed by atoms with Crippen LogP contribution in [0, 0.1) is 6.92 Å². The van der Waals surface area contributed by atoms with Crippen molar-refractivity contribution in [2.45, 2.75) is 51.9 Å². The smallest absolute Gasteiger partial charge is 0.411 e. The van der Waals surface area contributed by atoms with Gasteiger partial charge in [0.25, 0.3) is 0 Å². The molecule has 1 aliphatic rings. The van der Waals surface area contributed by atoms with Crippen molar-refractivity contribution in [1.29, 1.82) is 0 Å². The SMILES string of the molecule is CCOC(=O)[C@]1([C@@H](O)c2ccc(C)o2)C=CCN1C(=O)OC(C)(C)C. The second kappa shape index (κ2) is 6.92. The van der Waals surface area contributed by atoms with E-state index < -0.39 is 29.3 Å². The molecule has 0 aromatic carbocycles. The predicted octanol–water partition coefficient (Wildman–Crippen LogP) is 2.73. The van der Waals surface area contributed by atoms with E-state index >= 15 is 0 Å². The highest BCUT2D eigenvalue weighted by Gasteiger charge is 2.56. The molecule has 1 amide bonds. The maximum Gasteiger partial charge on any atom is 0.411 e. The summed E-state index contributed by atoms with van der Waals surface area (Å²) in [6, 6.07) is 3.24. The van der Waals surface area contributed by atoms with Gasteiger partial charge in [-0.2, -0.15) is 0 Å². The monoisotopic (exact) mass is 351 g/mol. The van der Waals surface area contributed by atoms with Gasteiger partial charge in [-0.1, -0.05) is 6.08 Å². The van der Waals surface area contributed by atoms with E-state index in [1.807, 2.05) is 0 Å². The Balaban J connectivity index is 2.45. The van der Waals surface area contributed by atoms with Crippen LogP contribution in [0.5, 0.6) is 0 Å². The van der Waals surface area contributed by atoms with Gasteiger partial charge in [-0.25, -0.2) is 9.59 Å². The minimum absolute atomic E-state index is 0.112. The van der Waals surface area contributed by atoms with Crippen molar-refractivity contribution < 1.29 is 28.6 Å².